The maximum Gasteiger partial charge on any atom is 0.0645 e. The molecule has 0 radical (unpaired) electrons. The molecule has 0 aromatic rings. The van der Waals surface area contributed by atoms with E-state index in [1.54, 1.807) is 0 Å². The standard InChI is InChI=1S/C11H20N2O.2C2H6/c1-12-8-11(9-12)2-4-13(5-3-11)10-6-14-7-10;2*1-2/h10H,2-9H2,1H3;2*1-2H3. The van der Waals surface area contributed by atoms with Gasteiger partial charge in [-0.15, -0.1) is 0 Å². The SMILES string of the molecule is CC.CC.CN1CC2(CCN(C3COC3)CC2)C1. The second-order valence-electron chi connectivity index (χ2n) is 5.40. The van der Waals surface area contributed by atoms with Crippen LogP contribution in [0.5, 0.6) is 0 Å². The zero-order valence-corrected chi connectivity index (χ0v) is 13.0. The summed E-state index contributed by atoms with van der Waals surface area (Å²) < 4.78 is 5.25. The van der Waals surface area contributed by atoms with Crippen molar-refractivity contribution < 1.29 is 4.74 Å². The maximum atomic E-state index is 5.25. The van der Waals surface area contributed by atoms with E-state index in [0.717, 1.165) is 19.3 Å². The first-order valence-corrected chi connectivity index (χ1v) is 7.78. The van der Waals surface area contributed by atoms with Gasteiger partial charge in [0, 0.05) is 13.1 Å². The smallest absolute Gasteiger partial charge is 0.0645 e. The molecule has 0 amide bonds. The fraction of sp³-hybridized carbons (Fsp3) is 1.00. The van der Waals surface area contributed by atoms with Crippen LogP contribution in [-0.2, 0) is 4.74 Å². The molecule has 3 rings (SSSR count). The van der Waals surface area contributed by atoms with E-state index < -0.39 is 0 Å². The lowest BCUT2D eigenvalue weighted by atomic mass is 9.72. The molecule has 3 nitrogen and oxygen atoms in total. The number of hydrogen-bond donors (Lipinski definition) is 0. The molecule has 0 unspecified atom stereocenters. The summed E-state index contributed by atoms with van der Waals surface area (Å²) in [5.74, 6) is 0. The Morgan fingerprint density at radius 1 is 0.944 bits per heavy atom. The molecule has 0 N–H and O–H groups in total. The first-order chi connectivity index (χ1) is 8.77. The van der Waals surface area contributed by atoms with Gasteiger partial charge in [0.1, 0.15) is 0 Å². The molecule has 108 valence electrons. The van der Waals surface area contributed by atoms with Gasteiger partial charge in [-0.1, -0.05) is 27.7 Å². The average molecular weight is 256 g/mol. The number of hydrogen-bond acceptors (Lipinski definition) is 3. The van der Waals surface area contributed by atoms with E-state index in [2.05, 4.69) is 16.8 Å². The molecule has 0 aromatic carbocycles. The molecule has 18 heavy (non-hydrogen) atoms. The Hall–Kier alpha value is -0.120. The predicted octanol–water partition coefficient (Wildman–Crippen LogP) is 2.47. The van der Waals surface area contributed by atoms with Crippen LogP contribution in [0, 0.1) is 5.41 Å². The largest absolute Gasteiger partial charge is 0.378 e. The Morgan fingerprint density at radius 2 is 1.44 bits per heavy atom. The quantitative estimate of drug-likeness (QED) is 0.717. The molecule has 3 aliphatic heterocycles. The van der Waals surface area contributed by atoms with E-state index in [4.69, 9.17) is 4.74 Å². The van der Waals surface area contributed by atoms with E-state index in [-0.39, 0.29) is 0 Å². The zero-order valence-electron chi connectivity index (χ0n) is 13.0. The number of rotatable bonds is 1. The summed E-state index contributed by atoms with van der Waals surface area (Å²) in [6.45, 7) is 15.2. The Morgan fingerprint density at radius 3 is 1.78 bits per heavy atom. The van der Waals surface area contributed by atoms with Crippen molar-refractivity contribution in [3.63, 3.8) is 0 Å². The van der Waals surface area contributed by atoms with Crippen LogP contribution in [-0.4, -0.2) is 62.3 Å². The van der Waals surface area contributed by atoms with Crippen molar-refractivity contribution in [2.24, 2.45) is 5.41 Å². The first-order valence-electron chi connectivity index (χ1n) is 7.78. The minimum atomic E-state index is 0.704. The highest BCUT2D eigenvalue weighted by Gasteiger charge is 2.44. The van der Waals surface area contributed by atoms with Crippen molar-refractivity contribution in [3.8, 4) is 0 Å². The maximum absolute atomic E-state index is 5.25. The molecule has 0 aliphatic carbocycles. The van der Waals surface area contributed by atoms with Gasteiger partial charge in [-0.05, 0) is 38.4 Å². The van der Waals surface area contributed by atoms with Gasteiger partial charge in [-0.2, -0.15) is 0 Å². The monoisotopic (exact) mass is 256 g/mol. The third-order valence-electron chi connectivity index (χ3n) is 4.21. The van der Waals surface area contributed by atoms with Crippen LogP contribution in [0.1, 0.15) is 40.5 Å². The summed E-state index contributed by atoms with van der Waals surface area (Å²) >= 11 is 0. The number of ether oxygens (including phenoxy) is 1. The highest BCUT2D eigenvalue weighted by molar-refractivity contribution is 4.98. The van der Waals surface area contributed by atoms with E-state index >= 15 is 0 Å². The Balaban J connectivity index is 0.000000371. The molecule has 3 fully saturated rings. The van der Waals surface area contributed by atoms with Gasteiger partial charge in [-0.3, -0.25) is 4.90 Å². The molecule has 1 spiro atoms. The Bertz CT molecular complexity index is 213. The van der Waals surface area contributed by atoms with E-state index in [9.17, 15) is 0 Å². The van der Waals surface area contributed by atoms with Crippen molar-refractivity contribution in [3.05, 3.63) is 0 Å². The lowest BCUT2D eigenvalue weighted by molar-refractivity contribution is -0.101. The highest BCUT2D eigenvalue weighted by atomic mass is 16.5. The Kier molecular flexibility index (Phi) is 6.61. The van der Waals surface area contributed by atoms with Crippen LogP contribution in [0.4, 0.5) is 0 Å². The Labute approximate surface area is 113 Å². The van der Waals surface area contributed by atoms with Crippen LogP contribution in [0.2, 0.25) is 0 Å². The van der Waals surface area contributed by atoms with Gasteiger partial charge < -0.3 is 9.64 Å². The van der Waals surface area contributed by atoms with Crippen molar-refractivity contribution in [1.82, 2.24) is 9.80 Å². The van der Waals surface area contributed by atoms with Crippen molar-refractivity contribution in [2.45, 2.75) is 46.6 Å². The number of likely N-dealkylation sites (tertiary alicyclic amines) is 2. The average Bonchev–Trinajstić information content (AvgIpc) is 2.33. The van der Waals surface area contributed by atoms with Crippen LogP contribution < -0.4 is 0 Å². The third kappa shape index (κ3) is 3.46. The lowest BCUT2D eigenvalue weighted by Crippen LogP contribution is -2.61. The normalized spacial score (nSPS) is 27.2. The molecule has 0 atom stereocenters. The number of piperidine rings is 1. The minimum Gasteiger partial charge on any atom is -0.378 e. The van der Waals surface area contributed by atoms with Gasteiger partial charge in [0.25, 0.3) is 0 Å². The first kappa shape index (κ1) is 15.9. The third-order valence-corrected chi connectivity index (χ3v) is 4.21. The second kappa shape index (κ2) is 7.46. The van der Waals surface area contributed by atoms with Gasteiger partial charge in [-0.25, -0.2) is 0 Å². The van der Waals surface area contributed by atoms with Gasteiger partial charge in [0.2, 0.25) is 0 Å². The topological polar surface area (TPSA) is 15.7 Å². The summed E-state index contributed by atoms with van der Waals surface area (Å²) in [4.78, 5) is 5.08. The molecule has 3 aliphatic rings. The van der Waals surface area contributed by atoms with Crippen LogP contribution in [0.3, 0.4) is 0 Å². The molecular weight excluding hydrogens is 224 g/mol. The molecule has 0 aromatic heterocycles. The second-order valence-corrected chi connectivity index (χ2v) is 5.40. The van der Waals surface area contributed by atoms with Crippen LogP contribution in [0.15, 0.2) is 0 Å². The van der Waals surface area contributed by atoms with Gasteiger partial charge >= 0.3 is 0 Å². The number of nitrogens with zero attached hydrogens (tertiary/aromatic N) is 2. The molecule has 0 saturated carbocycles. The fourth-order valence-electron chi connectivity index (χ4n) is 3.21. The summed E-state index contributed by atoms with van der Waals surface area (Å²) in [5, 5.41) is 0. The predicted molar refractivity (Wildman–Crippen MR) is 78.0 cm³/mol. The summed E-state index contributed by atoms with van der Waals surface area (Å²) in [6, 6.07) is 0.755. The molecular formula is C15H32N2O. The van der Waals surface area contributed by atoms with Gasteiger partial charge in [0.15, 0.2) is 0 Å². The van der Waals surface area contributed by atoms with E-state index in [1.807, 2.05) is 27.7 Å². The molecule has 0 bridgehead atoms. The summed E-state index contributed by atoms with van der Waals surface area (Å²) in [7, 11) is 2.23. The van der Waals surface area contributed by atoms with Crippen molar-refractivity contribution in [2.75, 3.05) is 46.4 Å². The van der Waals surface area contributed by atoms with Crippen LogP contribution in [0.25, 0.3) is 0 Å². The summed E-state index contributed by atoms with van der Waals surface area (Å²) in [6.07, 6.45) is 2.82. The molecule has 3 heteroatoms. The molecule has 3 saturated heterocycles. The van der Waals surface area contributed by atoms with E-state index in [1.165, 1.54) is 39.0 Å². The highest BCUT2D eigenvalue weighted by Crippen LogP contribution is 2.40. The van der Waals surface area contributed by atoms with Crippen molar-refractivity contribution >= 4 is 0 Å². The van der Waals surface area contributed by atoms with Crippen LogP contribution >= 0.6 is 0 Å². The molecule has 3 heterocycles. The zero-order chi connectivity index (χ0) is 13.6. The summed E-state index contributed by atoms with van der Waals surface area (Å²) in [5.41, 5.74) is 0.704. The fourth-order valence-corrected chi connectivity index (χ4v) is 3.21. The van der Waals surface area contributed by atoms with Crippen molar-refractivity contribution in [1.29, 1.82) is 0 Å². The van der Waals surface area contributed by atoms with Gasteiger partial charge in [0.05, 0.1) is 19.3 Å². The lowest BCUT2D eigenvalue weighted by Gasteiger charge is -2.54. The van der Waals surface area contributed by atoms with E-state index in [0.29, 0.717) is 5.41 Å². The minimum absolute atomic E-state index is 0.704.